The molecule has 0 aromatic carbocycles. The van der Waals surface area contributed by atoms with E-state index in [2.05, 4.69) is 15.5 Å². The van der Waals surface area contributed by atoms with Crippen LogP contribution in [0.1, 0.15) is 20.9 Å². The molecule has 3 rings (SSSR count). The van der Waals surface area contributed by atoms with Crippen molar-refractivity contribution in [1.82, 2.24) is 14.7 Å². The molecule has 3 aromatic rings. The zero-order valence-electron chi connectivity index (χ0n) is 12.0. The van der Waals surface area contributed by atoms with Gasteiger partial charge in [0.05, 0.1) is 12.2 Å². The molecule has 0 atom stereocenters. The summed E-state index contributed by atoms with van der Waals surface area (Å²) in [5, 5.41) is 7.91. The number of aromatic nitrogens is 3. The number of carbonyl (C=O) groups excluding carboxylic acids is 1. The second kappa shape index (κ2) is 6.05. The molecule has 0 aliphatic heterocycles. The molecule has 0 radical (unpaired) electrons. The van der Waals surface area contributed by atoms with Crippen LogP contribution in [0.3, 0.4) is 0 Å². The summed E-state index contributed by atoms with van der Waals surface area (Å²) in [6.45, 7) is 1.81. The van der Waals surface area contributed by atoms with Gasteiger partial charge in [-0.05, 0) is 18.4 Å². The van der Waals surface area contributed by atoms with E-state index in [4.69, 9.17) is 4.52 Å². The molecule has 0 fully saturated rings. The van der Waals surface area contributed by atoms with Crippen LogP contribution in [0, 0.1) is 6.92 Å². The Morgan fingerprint density at radius 1 is 1.48 bits per heavy atom. The van der Waals surface area contributed by atoms with Crippen molar-refractivity contribution in [2.45, 2.75) is 13.5 Å². The number of hydrogen-bond acceptors (Lipinski definition) is 6. The SMILES string of the molecule is Cc1cc(NC(=O)c2c[nH]c(=O)n(Cc3cccs3)c2=O)on1. The van der Waals surface area contributed by atoms with Crippen LogP contribution in [0.5, 0.6) is 0 Å². The minimum atomic E-state index is -0.678. The normalized spacial score (nSPS) is 10.7. The van der Waals surface area contributed by atoms with E-state index in [1.807, 2.05) is 11.4 Å². The summed E-state index contributed by atoms with van der Waals surface area (Å²) in [6.07, 6.45) is 1.09. The van der Waals surface area contributed by atoms with Crippen molar-refractivity contribution in [1.29, 1.82) is 0 Å². The van der Waals surface area contributed by atoms with Gasteiger partial charge in [-0.1, -0.05) is 11.2 Å². The van der Waals surface area contributed by atoms with Crippen molar-refractivity contribution in [2.75, 3.05) is 5.32 Å². The molecule has 0 saturated carbocycles. The highest BCUT2D eigenvalue weighted by Gasteiger charge is 2.16. The zero-order valence-corrected chi connectivity index (χ0v) is 12.8. The van der Waals surface area contributed by atoms with Crippen LogP contribution in [-0.4, -0.2) is 20.6 Å². The molecule has 0 spiro atoms. The fourth-order valence-corrected chi connectivity index (χ4v) is 2.67. The van der Waals surface area contributed by atoms with Gasteiger partial charge >= 0.3 is 5.69 Å². The lowest BCUT2D eigenvalue weighted by molar-refractivity contribution is 0.102. The number of carbonyl (C=O) groups is 1. The summed E-state index contributed by atoms with van der Waals surface area (Å²) in [5.74, 6) is -0.551. The first-order chi connectivity index (χ1) is 11.0. The smallest absolute Gasteiger partial charge is 0.328 e. The van der Waals surface area contributed by atoms with Gasteiger partial charge in [0.15, 0.2) is 0 Å². The lowest BCUT2D eigenvalue weighted by Gasteiger charge is -2.05. The average Bonchev–Trinajstić information content (AvgIpc) is 3.15. The van der Waals surface area contributed by atoms with E-state index in [0.717, 1.165) is 15.6 Å². The Kier molecular flexibility index (Phi) is 3.94. The average molecular weight is 332 g/mol. The van der Waals surface area contributed by atoms with Crippen LogP contribution in [0.2, 0.25) is 0 Å². The predicted molar refractivity (Wildman–Crippen MR) is 83.9 cm³/mol. The summed E-state index contributed by atoms with van der Waals surface area (Å²) in [6, 6.07) is 5.15. The second-order valence-electron chi connectivity index (χ2n) is 4.76. The van der Waals surface area contributed by atoms with Crippen molar-refractivity contribution in [3.63, 3.8) is 0 Å². The topological polar surface area (TPSA) is 110 Å². The minimum Gasteiger partial charge on any atom is -0.338 e. The van der Waals surface area contributed by atoms with Crippen LogP contribution < -0.4 is 16.6 Å². The Bertz CT molecular complexity index is 952. The van der Waals surface area contributed by atoms with E-state index in [1.54, 1.807) is 13.0 Å². The molecule has 2 N–H and O–H groups in total. The third kappa shape index (κ3) is 3.14. The zero-order chi connectivity index (χ0) is 16.4. The predicted octanol–water partition coefficient (Wildman–Crippen LogP) is 1.20. The van der Waals surface area contributed by atoms with Crippen molar-refractivity contribution in [3.05, 3.63) is 66.7 Å². The molecule has 118 valence electrons. The number of hydrogen-bond donors (Lipinski definition) is 2. The third-order valence-electron chi connectivity index (χ3n) is 3.06. The highest BCUT2D eigenvalue weighted by molar-refractivity contribution is 7.09. The molecule has 3 heterocycles. The van der Waals surface area contributed by atoms with E-state index in [-0.39, 0.29) is 18.0 Å². The monoisotopic (exact) mass is 332 g/mol. The summed E-state index contributed by atoms with van der Waals surface area (Å²) in [5.41, 5.74) is -0.835. The van der Waals surface area contributed by atoms with Gasteiger partial charge in [0.1, 0.15) is 5.56 Å². The van der Waals surface area contributed by atoms with E-state index in [1.165, 1.54) is 17.4 Å². The first kappa shape index (κ1) is 15.0. The Morgan fingerprint density at radius 3 is 2.96 bits per heavy atom. The van der Waals surface area contributed by atoms with Crippen LogP contribution in [0.15, 0.2) is 43.9 Å². The van der Waals surface area contributed by atoms with Crippen LogP contribution in [0.4, 0.5) is 5.88 Å². The number of nitrogens with one attached hydrogen (secondary N) is 2. The third-order valence-corrected chi connectivity index (χ3v) is 3.93. The number of rotatable bonds is 4. The maximum Gasteiger partial charge on any atom is 0.328 e. The van der Waals surface area contributed by atoms with Crippen LogP contribution in [-0.2, 0) is 6.54 Å². The van der Waals surface area contributed by atoms with E-state index < -0.39 is 17.2 Å². The van der Waals surface area contributed by atoms with Gasteiger partial charge in [-0.15, -0.1) is 11.3 Å². The molecule has 0 aliphatic carbocycles. The Labute approximate surface area is 133 Å². The van der Waals surface area contributed by atoms with Gasteiger partial charge in [0.25, 0.3) is 11.5 Å². The Morgan fingerprint density at radius 2 is 2.30 bits per heavy atom. The molecule has 3 aromatic heterocycles. The van der Waals surface area contributed by atoms with E-state index in [0.29, 0.717) is 5.69 Å². The number of aryl methyl sites for hydroxylation is 1. The second-order valence-corrected chi connectivity index (χ2v) is 5.80. The van der Waals surface area contributed by atoms with Gasteiger partial charge < -0.3 is 9.51 Å². The highest BCUT2D eigenvalue weighted by Crippen LogP contribution is 2.10. The first-order valence-electron chi connectivity index (χ1n) is 6.64. The van der Waals surface area contributed by atoms with E-state index in [9.17, 15) is 14.4 Å². The summed E-state index contributed by atoms with van der Waals surface area (Å²) < 4.78 is 5.85. The molecule has 0 saturated heterocycles. The standard InChI is InChI=1S/C14H12N4O4S/c1-8-5-11(22-17-8)16-12(19)10-6-15-14(21)18(13(10)20)7-9-3-2-4-23-9/h2-6H,7H2,1H3,(H,15,21)(H,16,19). The van der Waals surface area contributed by atoms with Gasteiger partial charge in [-0.25, -0.2) is 4.79 Å². The quantitative estimate of drug-likeness (QED) is 0.746. The fourth-order valence-electron chi connectivity index (χ4n) is 1.98. The van der Waals surface area contributed by atoms with Crippen molar-refractivity contribution >= 4 is 23.1 Å². The molecule has 1 amide bonds. The van der Waals surface area contributed by atoms with Crippen molar-refractivity contribution in [3.8, 4) is 0 Å². The Hall–Kier alpha value is -2.94. The summed E-state index contributed by atoms with van der Waals surface area (Å²) in [7, 11) is 0. The molecule has 0 aliphatic rings. The van der Waals surface area contributed by atoms with Crippen molar-refractivity contribution in [2.24, 2.45) is 0 Å². The largest absolute Gasteiger partial charge is 0.338 e. The molecule has 0 unspecified atom stereocenters. The molecule has 9 heteroatoms. The van der Waals surface area contributed by atoms with Crippen molar-refractivity contribution < 1.29 is 9.32 Å². The van der Waals surface area contributed by atoms with Gasteiger partial charge in [-0.2, -0.15) is 0 Å². The summed E-state index contributed by atoms with van der Waals surface area (Å²) >= 11 is 1.42. The molecule has 23 heavy (non-hydrogen) atoms. The Balaban J connectivity index is 1.92. The van der Waals surface area contributed by atoms with Gasteiger partial charge in [0.2, 0.25) is 5.88 Å². The molecular formula is C14H12N4O4S. The maximum atomic E-state index is 12.4. The lowest BCUT2D eigenvalue weighted by atomic mass is 10.3. The first-order valence-corrected chi connectivity index (χ1v) is 7.52. The number of nitrogens with zero attached hydrogens (tertiary/aromatic N) is 2. The van der Waals surface area contributed by atoms with Crippen LogP contribution in [0.25, 0.3) is 0 Å². The molecule has 8 nitrogen and oxygen atoms in total. The van der Waals surface area contributed by atoms with E-state index >= 15 is 0 Å². The maximum absolute atomic E-state index is 12.4. The summed E-state index contributed by atoms with van der Waals surface area (Å²) in [4.78, 5) is 39.7. The van der Waals surface area contributed by atoms with Gasteiger partial charge in [-0.3, -0.25) is 19.5 Å². The van der Waals surface area contributed by atoms with Crippen LogP contribution >= 0.6 is 11.3 Å². The number of amides is 1. The molecule has 0 bridgehead atoms. The fraction of sp³-hybridized carbons (Fsp3) is 0.143. The van der Waals surface area contributed by atoms with Gasteiger partial charge in [0, 0.05) is 17.1 Å². The number of thiophene rings is 1. The minimum absolute atomic E-state index is 0.106. The molecular weight excluding hydrogens is 320 g/mol. The lowest BCUT2D eigenvalue weighted by Crippen LogP contribution is -2.39. The number of H-pyrrole nitrogens is 1. The number of anilines is 1. The number of aromatic amines is 1. The highest BCUT2D eigenvalue weighted by atomic mass is 32.1.